The highest BCUT2D eigenvalue weighted by atomic mass is 32.2. The summed E-state index contributed by atoms with van der Waals surface area (Å²) < 4.78 is 29.8. The van der Waals surface area contributed by atoms with E-state index in [4.69, 9.17) is 4.42 Å². The molecule has 1 N–H and O–H groups in total. The smallest absolute Gasteiger partial charge is 0.289 e. The number of amides is 1. The number of carbonyl (C=O) groups excluding carboxylic acids is 1. The summed E-state index contributed by atoms with van der Waals surface area (Å²) in [5.41, 5.74) is -0.773. The summed E-state index contributed by atoms with van der Waals surface area (Å²) in [4.78, 5) is 13.5. The molecule has 1 heterocycles. The molecule has 7 nitrogen and oxygen atoms in total. The fraction of sp³-hybridized carbons (Fsp3) is 0.583. The molecule has 1 amide bonds. The molecule has 0 atom stereocenters. The SMILES string of the molecule is CN(C(=O)c1ccc(S(=O)(=O)N(C)C)o1)C(C)(C)CO. The molecule has 0 fully saturated rings. The van der Waals surface area contributed by atoms with Crippen LogP contribution in [0.4, 0.5) is 0 Å². The number of aliphatic hydroxyl groups excluding tert-OH is 1. The molecule has 0 bridgehead atoms. The van der Waals surface area contributed by atoms with E-state index in [-0.39, 0.29) is 17.5 Å². The lowest BCUT2D eigenvalue weighted by Crippen LogP contribution is -2.47. The molecule has 1 aromatic heterocycles. The summed E-state index contributed by atoms with van der Waals surface area (Å²) >= 11 is 0. The van der Waals surface area contributed by atoms with Gasteiger partial charge in [-0.05, 0) is 26.0 Å². The summed E-state index contributed by atoms with van der Waals surface area (Å²) in [6, 6.07) is 2.55. The largest absolute Gasteiger partial charge is 0.438 e. The predicted octanol–water partition coefficient (Wildman–Crippen LogP) is 0.373. The molecule has 0 aliphatic rings. The molecular weight excluding hydrogens is 284 g/mol. The molecule has 0 unspecified atom stereocenters. The van der Waals surface area contributed by atoms with Gasteiger partial charge in [0.05, 0.1) is 12.1 Å². The number of carbonyl (C=O) groups is 1. The Morgan fingerprint density at radius 3 is 2.30 bits per heavy atom. The minimum absolute atomic E-state index is 0.0885. The molecule has 0 aliphatic carbocycles. The topological polar surface area (TPSA) is 91.1 Å². The van der Waals surface area contributed by atoms with Crippen LogP contribution in [-0.4, -0.2) is 61.9 Å². The van der Waals surface area contributed by atoms with Crippen LogP contribution in [-0.2, 0) is 10.0 Å². The normalized spacial score (nSPS) is 12.8. The molecule has 8 heteroatoms. The van der Waals surface area contributed by atoms with Crippen LogP contribution in [0.25, 0.3) is 0 Å². The van der Waals surface area contributed by atoms with Crippen molar-refractivity contribution in [3.05, 3.63) is 17.9 Å². The van der Waals surface area contributed by atoms with Gasteiger partial charge in [-0.2, -0.15) is 0 Å². The van der Waals surface area contributed by atoms with Crippen LogP contribution in [0.15, 0.2) is 21.6 Å². The Balaban J connectivity index is 3.08. The number of hydrogen-bond donors (Lipinski definition) is 1. The summed E-state index contributed by atoms with van der Waals surface area (Å²) in [6.07, 6.45) is 0. The lowest BCUT2D eigenvalue weighted by molar-refractivity contribution is 0.0439. The van der Waals surface area contributed by atoms with Crippen LogP contribution < -0.4 is 0 Å². The first-order chi connectivity index (χ1) is 9.04. The second-order valence-corrected chi connectivity index (χ2v) is 7.32. The van der Waals surface area contributed by atoms with Gasteiger partial charge in [0.1, 0.15) is 0 Å². The van der Waals surface area contributed by atoms with E-state index in [1.807, 2.05) is 0 Å². The van der Waals surface area contributed by atoms with Gasteiger partial charge < -0.3 is 14.4 Å². The van der Waals surface area contributed by atoms with Crippen molar-refractivity contribution in [3.63, 3.8) is 0 Å². The van der Waals surface area contributed by atoms with E-state index < -0.39 is 21.5 Å². The van der Waals surface area contributed by atoms with Crippen molar-refractivity contribution in [2.24, 2.45) is 0 Å². The first-order valence-electron chi connectivity index (χ1n) is 5.95. The summed E-state index contributed by atoms with van der Waals surface area (Å²) in [5.74, 6) is -0.585. The van der Waals surface area contributed by atoms with Crippen molar-refractivity contribution in [1.82, 2.24) is 9.21 Å². The van der Waals surface area contributed by atoms with E-state index in [1.165, 1.54) is 38.2 Å². The van der Waals surface area contributed by atoms with Gasteiger partial charge in [0.25, 0.3) is 15.9 Å². The van der Waals surface area contributed by atoms with Gasteiger partial charge in [0, 0.05) is 21.1 Å². The van der Waals surface area contributed by atoms with Gasteiger partial charge in [0.2, 0.25) is 5.09 Å². The predicted molar refractivity (Wildman–Crippen MR) is 72.8 cm³/mol. The Morgan fingerprint density at radius 1 is 1.30 bits per heavy atom. The quantitative estimate of drug-likeness (QED) is 0.849. The molecule has 114 valence electrons. The Hall–Kier alpha value is -1.38. The van der Waals surface area contributed by atoms with E-state index in [2.05, 4.69) is 0 Å². The fourth-order valence-corrected chi connectivity index (χ4v) is 2.09. The van der Waals surface area contributed by atoms with Crippen molar-refractivity contribution < 1.29 is 22.7 Å². The zero-order valence-electron chi connectivity index (χ0n) is 12.2. The summed E-state index contributed by atoms with van der Waals surface area (Å²) in [5, 5.41) is 8.95. The molecule has 0 spiro atoms. The number of sulfonamides is 1. The Bertz CT molecular complexity index is 589. The second kappa shape index (κ2) is 5.55. The third-order valence-corrected chi connectivity index (χ3v) is 4.82. The van der Waals surface area contributed by atoms with Crippen molar-refractivity contribution in [2.75, 3.05) is 27.7 Å². The zero-order valence-corrected chi connectivity index (χ0v) is 13.1. The molecule has 0 aromatic carbocycles. The molecule has 0 saturated carbocycles. The van der Waals surface area contributed by atoms with Crippen molar-refractivity contribution in [2.45, 2.75) is 24.5 Å². The van der Waals surface area contributed by atoms with Crippen molar-refractivity contribution in [1.29, 1.82) is 0 Å². The van der Waals surface area contributed by atoms with Crippen LogP contribution in [0.1, 0.15) is 24.4 Å². The number of rotatable bonds is 5. The van der Waals surface area contributed by atoms with E-state index in [0.29, 0.717) is 0 Å². The average molecular weight is 304 g/mol. The van der Waals surface area contributed by atoms with Crippen LogP contribution in [0.3, 0.4) is 0 Å². The number of furan rings is 1. The monoisotopic (exact) mass is 304 g/mol. The highest BCUT2D eigenvalue weighted by Gasteiger charge is 2.30. The molecule has 0 aliphatic heterocycles. The van der Waals surface area contributed by atoms with Gasteiger partial charge in [-0.1, -0.05) is 0 Å². The summed E-state index contributed by atoms with van der Waals surface area (Å²) in [7, 11) is 0.556. The number of hydrogen-bond acceptors (Lipinski definition) is 5. The first-order valence-corrected chi connectivity index (χ1v) is 7.39. The van der Waals surface area contributed by atoms with Crippen LogP contribution in [0, 0.1) is 0 Å². The Morgan fingerprint density at radius 2 is 1.85 bits per heavy atom. The molecular formula is C12H20N2O5S. The zero-order chi connectivity index (χ0) is 15.7. The third-order valence-electron chi connectivity index (χ3n) is 3.13. The molecule has 0 saturated heterocycles. The molecule has 1 aromatic rings. The maximum atomic E-state index is 12.2. The lowest BCUT2D eigenvalue weighted by atomic mass is 10.1. The van der Waals surface area contributed by atoms with Gasteiger partial charge in [-0.3, -0.25) is 4.79 Å². The third kappa shape index (κ3) is 3.02. The Kier molecular flexibility index (Phi) is 4.62. The van der Waals surface area contributed by atoms with E-state index in [9.17, 15) is 18.3 Å². The highest BCUT2D eigenvalue weighted by Crippen LogP contribution is 2.20. The van der Waals surface area contributed by atoms with E-state index >= 15 is 0 Å². The van der Waals surface area contributed by atoms with Crippen molar-refractivity contribution in [3.8, 4) is 0 Å². The van der Waals surface area contributed by atoms with Crippen LogP contribution >= 0.6 is 0 Å². The Labute approximate surface area is 118 Å². The standard InChI is InChI=1S/C12H20N2O5S/c1-12(2,8-15)14(5)11(16)9-6-7-10(19-9)20(17,18)13(3)4/h6-7,15H,8H2,1-5H3. The van der Waals surface area contributed by atoms with Crippen LogP contribution in [0.5, 0.6) is 0 Å². The van der Waals surface area contributed by atoms with Crippen molar-refractivity contribution >= 4 is 15.9 Å². The minimum Gasteiger partial charge on any atom is -0.438 e. The highest BCUT2D eigenvalue weighted by molar-refractivity contribution is 7.88. The van der Waals surface area contributed by atoms with E-state index in [0.717, 1.165) is 4.31 Å². The van der Waals surface area contributed by atoms with Gasteiger partial charge in [-0.15, -0.1) is 0 Å². The lowest BCUT2D eigenvalue weighted by Gasteiger charge is -2.33. The molecule has 1 rings (SSSR count). The average Bonchev–Trinajstić information content (AvgIpc) is 2.86. The maximum Gasteiger partial charge on any atom is 0.289 e. The number of aliphatic hydroxyl groups is 1. The maximum absolute atomic E-state index is 12.2. The molecule has 20 heavy (non-hydrogen) atoms. The molecule has 0 radical (unpaired) electrons. The minimum atomic E-state index is -3.71. The van der Waals surface area contributed by atoms with E-state index in [1.54, 1.807) is 13.8 Å². The second-order valence-electron chi connectivity index (χ2n) is 5.24. The van der Waals surface area contributed by atoms with Gasteiger partial charge >= 0.3 is 0 Å². The van der Waals surface area contributed by atoms with Crippen LogP contribution in [0.2, 0.25) is 0 Å². The first kappa shape index (κ1) is 16.7. The number of nitrogens with zero attached hydrogens (tertiary/aromatic N) is 2. The van der Waals surface area contributed by atoms with Gasteiger partial charge in [-0.25, -0.2) is 12.7 Å². The van der Waals surface area contributed by atoms with Gasteiger partial charge in [0.15, 0.2) is 5.76 Å². The summed E-state index contributed by atoms with van der Waals surface area (Å²) in [6.45, 7) is 3.15. The fourth-order valence-electron chi connectivity index (χ4n) is 1.30. The number of likely N-dealkylation sites (N-methyl/N-ethyl adjacent to an activating group) is 1.